The Balaban J connectivity index is 1.37. The molecule has 2 amide bonds. The van der Waals surface area contributed by atoms with Gasteiger partial charge in [-0.05, 0) is 56.2 Å². The summed E-state index contributed by atoms with van der Waals surface area (Å²) in [4.78, 5) is 30.3. The lowest BCUT2D eigenvalue weighted by molar-refractivity contribution is 0.0408. The number of carbonyl (C=O) groups excluding carboxylic acids is 2. The average molecular weight is 572 g/mol. The molecule has 0 saturated carbocycles. The summed E-state index contributed by atoms with van der Waals surface area (Å²) < 4.78 is 35.7. The highest BCUT2D eigenvalue weighted by molar-refractivity contribution is 5.95. The van der Waals surface area contributed by atoms with Gasteiger partial charge in [0.1, 0.15) is 11.9 Å². The molecule has 2 fully saturated rings. The molecule has 0 aromatic heterocycles. The van der Waals surface area contributed by atoms with E-state index in [0.717, 1.165) is 18.4 Å². The lowest BCUT2D eigenvalue weighted by Gasteiger charge is -2.32. The molecule has 10 heteroatoms. The second-order valence-corrected chi connectivity index (χ2v) is 10.9. The zero-order valence-electron chi connectivity index (χ0n) is 24.4. The molecular weight excluding hydrogens is 529 g/mol. The molecule has 2 aliphatic rings. The molecule has 0 radical (unpaired) electrons. The van der Waals surface area contributed by atoms with Gasteiger partial charge in [-0.2, -0.15) is 0 Å². The average Bonchev–Trinajstić information content (AvgIpc) is 3.64. The number of nitrogens with one attached hydrogen (secondary N) is 1. The topological polar surface area (TPSA) is 89.6 Å². The normalized spacial score (nSPS) is 20.3. The van der Waals surface area contributed by atoms with E-state index in [1.807, 2.05) is 18.7 Å². The Bertz CT molecular complexity index is 1160. The van der Waals surface area contributed by atoms with Crippen molar-refractivity contribution in [3.05, 3.63) is 59.4 Å². The molecule has 0 bridgehead atoms. The van der Waals surface area contributed by atoms with Crippen LogP contribution in [0.4, 0.5) is 9.18 Å². The van der Waals surface area contributed by atoms with Crippen molar-refractivity contribution in [1.82, 2.24) is 15.1 Å². The van der Waals surface area contributed by atoms with Gasteiger partial charge in [0.25, 0.3) is 5.91 Å². The summed E-state index contributed by atoms with van der Waals surface area (Å²) in [5, 5.41) is 3.32. The number of halogens is 1. The summed E-state index contributed by atoms with van der Waals surface area (Å²) in [6.45, 7) is 7.73. The van der Waals surface area contributed by atoms with Crippen LogP contribution in [0.5, 0.6) is 11.5 Å². The van der Waals surface area contributed by atoms with Crippen LogP contribution >= 0.6 is 0 Å². The van der Waals surface area contributed by atoms with Crippen molar-refractivity contribution in [2.75, 3.05) is 60.2 Å². The fourth-order valence-corrected chi connectivity index (χ4v) is 5.42. The fraction of sp³-hybridized carbons (Fsp3) is 0.548. The Morgan fingerprint density at radius 1 is 1.07 bits per heavy atom. The van der Waals surface area contributed by atoms with E-state index in [9.17, 15) is 14.0 Å². The van der Waals surface area contributed by atoms with Gasteiger partial charge in [0.05, 0.1) is 13.7 Å². The number of hydrogen-bond donors (Lipinski definition) is 1. The van der Waals surface area contributed by atoms with E-state index in [1.165, 1.54) is 12.1 Å². The smallest absolute Gasteiger partial charge is 0.410 e. The molecule has 2 saturated heterocycles. The summed E-state index contributed by atoms with van der Waals surface area (Å²) in [5.74, 6) is 0.790. The van der Waals surface area contributed by atoms with E-state index in [-0.39, 0.29) is 41.8 Å². The molecule has 3 atom stereocenters. The third-order valence-electron chi connectivity index (χ3n) is 7.79. The SMILES string of the molecule is COCCCOc1cc(C(=O)N(C[C@@H]2CNC[C@H]2OC(=O)N2CC[C@@H](c3ccc(F)cc3)C2)C(C)C)ccc1OC. The first-order valence-electron chi connectivity index (χ1n) is 14.3. The van der Waals surface area contributed by atoms with Crippen LogP contribution in [0.1, 0.15) is 48.5 Å². The highest BCUT2D eigenvalue weighted by Crippen LogP contribution is 2.30. The number of nitrogens with zero attached hydrogens (tertiary/aromatic N) is 2. The molecule has 41 heavy (non-hydrogen) atoms. The van der Waals surface area contributed by atoms with Gasteiger partial charge >= 0.3 is 6.09 Å². The van der Waals surface area contributed by atoms with E-state index in [4.69, 9.17) is 18.9 Å². The number of amides is 2. The molecule has 224 valence electrons. The number of carbonyl (C=O) groups is 2. The van der Waals surface area contributed by atoms with Crippen molar-refractivity contribution in [2.24, 2.45) is 5.92 Å². The molecule has 0 unspecified atom stereocenters. The quantitative estimate of drug-likeness (QED) is 0.380. The van der Waals surface area contributed by atoms with Crippen LogP contribution in [0.2, 0.25) is 0 Å². The van der Waals surface area contributed by atoms with Crippen molar-refractivity contribution in [3.63, 3.8) is 0 Å². The first-order valence-corrected chi connectivity index (χ1v) is 14.3. The monoisotopic (exact) mass is 571 g/mol. The second-order valence-electron chi connectivity index (χ2n) is 10.9. The highest BCUT2D eigenvalue weighted by Gasteiger charge is 2.36. The Morgan fingerprint density at radius 2 is 1.85 bits per heavy atom. The van der Waals surface area contributed by atoms with Crippen LogP contribution in [-0.2, 0) is 9.47 Å². The maximum Gasteiger partial charge on any atom is 0.410 e. The molecule has 2 heterocycles. The van der Waals surface area contributed by atoms with Crippen molar-refractivity contribution < 1.29 is 32.9 Å². The fourth-order valence-electron chi connectivity index (χ4n) is 5.42. The standard InChI is InChI=1S/C31H42FN3O6/c1-21(2)35(30(36)23-8-11-27(39-4)28(16-23)40-15-5-14-38-3)20-25-17-33-18-29(25)41-31(37)34-13-12-24(19-34)22-6-9-26(32)10-7-22/h6-11,16,21,24-25,29,33H,5,12-15,17-20H2,1-4H3/t24-,25+,29-/m1/s1. The Hall–Kier alpha value is -3.37. The molecule has 4 rings (SSSR count). The van der Waals surface area contributed by atoms with Gasteiger partial charge in [-0.15, -0.1) is 0 Å². The van der Waals surface area contributed by atoms with Crippen LogP contribution in [0.15, 0.2) is 42.5 Å². The predicted octanol–water partition coefficient (Wildman–Crippen LogP) is 4.31. The molecule has 2 aromatic rings. The first-order chi connectivity index (χ1) is 19.8. The van der Waals surface area contributed by atoms with Gasteiger partial charge in [-0.25, -0.2) is 9.18 Å². The van der Waals surface area contributed by atoms with Crippen molar-refractivity contribution in [2.45, 2.75) is 44.8 Å². The predicted molar refractivity (Wildman–Crippen MR) is 153 cm³/mol. The Labute approximate surface area is 241 Å². The Morgan fingerprint density at radius 3 is 2.56 bits per heavy atom. The third kappa shape index (κ3) is 7.89. The van der Waals surface area contributed by atoms with E-state index in [1.54, 1.807) is 49.5 Å². The van der Waals surface area contributed by atoms with Gasteiger partial charge in [0.2, 0.25) is 0 Å². The number of ether oxygens (including phenoxy) is 4. The van der Waals surface area contributed by atoms with Gasteiger partial charge in [0.15, 0.2) is 11.5 Å². The third-order valence-corrected chi connectivity index (χ3v) is 7.79. The molecule has 2 aromatic carbocycles. The van der Waals surface area contributed by atoms with Gasteiger partial charge in [-0.1, -0.05) is 12.1 Å². The van der Waals surface area contributed by atoms with Crippen LogP contribution < -0.4 is 14.8 Å². The number of methoxy groups -OCH3 is 2. The van der Waals surface area contributed by atoms with Crippen LogP contribution in [-0.4, -0.2) is 94.1 Å². The van der Waals surface area contributed by atoms with Gasteiger partial charge < -0.3 is 34.1 Å². The molecule has 9 nitrogen and oxygen atoms in total. The summed E-state index contributed by atoms with van der Waals surface area (Å²) in [5.41, 5.74) is 1.53. The zero-order valence-corrected chi connectivity index (χ0v) is 24.4. The summed E-state index contributed by atoms with van der Waals surface area (Å²) >= 11 is 0. The van der Waals surface area contributed by atoms with Crippen molar-refractivity contribution in [1.29, 1.82) is 0 Å². The molecule has 1 N–H and O–H groups in total. The summed E-state index contributed by atoms with van der Waals surface area (Å²) in [7, 11) is 3.21. The molecule has 2 aliphatic heterocycles. The largest absolute Gasteiger partial charge is 0.493 e. The minimum absolute atomic E-state index is 0.0520. The molecule has 0 spiro atoms. The number of benzene rings is 2. The lowest BCUT2D eigenvalue weighted by atomic mass is 9.99. The summed E-state index contributed by atoms with van der Waals surface area (Å²) in [6.07, 6.45) is 0.829. The van der Waals surface area contributed by atoms with Crippen LogP contribution in [0.25, 0.3) is 0 Å². The van der Waals surface area contributed by atoms with E-state index in [2.05, 4.69) is 5.32 Å². The highest BCUT2D eigenvalue weighted by atomic mass is 19.1. The maximum atomic E-state index is 13.7. The summed E-state index contributed by atoms with van der Waals surface area (Å²) in [6, 6.07) is 11.6. The van der Waals surface area contributed by atoms with Crippen molar-refractivity contribution >= 4 is 12.0 Å². The minimum Gasteiger partial charge on any atom is -0.493 e. The van der Waals surface area contributed by atoms with Crippen molar-refractivity contribution in [3.8, 4) is 11.5 Å². The Kier molecular flexibility index (Phi) is 10.8. The zero-order chi connectivity index (χ0) is 29.4. The van der Waals surface area contributed by atoms with Crippen LogP contribution in [0.3, 0.4) is 0 Å². The minimum atomic E-state index is -0.350. The van der Waals surface area contributed by atoms with E-state index >= 15 is 0 Å². The number of rotatable bonds is 12. The molecular formula is C31H42FN3O6. The van der Waals surface area contributed by atoms with E-state index < -0.39 is 0 Å². The maximum absolute atomic E-state index is 13.7. The molecule has 0 aliphatic carbocycles. The second kappa shape index (κ2) is 14.5. The van der Waals surface area contributed by atoms with E-state index in [0.29, 0.717) is 63.0 Å². The first kappa shape index (κ1) is 30.6. The van der Waals surface area contributed by atoms with Gasteiger partial charge in [0, 0.05) is 76.3 Å². The number of likely N-dealkylation sites (tertiary alicyclic amines) is 1. The number of hydrogen-bond acceptors (Lipinski definition) is 7. The van der Waals surface area contributed by atoms with Gasteiger partial charge in [-0.3, -0.25) is 4.79 Å². The van der Waals surface area contributed by atoms with Crippen LogP contribution in [0, 0.1) is 11.7 Å². The lowest BCUT2D eigenvalue weighted by Crippen LogP contribution is -2.44.